The Kier molecular flexibility index (Phi) is 4.06. The number of aliphatic hydroxyl groups is 1. The summed E-state index contributed by atoms with van der Waals surface area (Å²) >= 11 is 0. The predicted molar refractivity (Wildman–Crippen MR) is 71.4 cm³/mol. The number of carbonyl (C=O) groups is 1. The zero-order valence-corrected chi connectivity index (χ0v) is 11.0. The molecule has 1 aliphatic heterocycles. The molecule has 0 aliphatic carbocycles. The van der Waals surface area contributed by atoms with Gasteiger partial charge in [-0.1, -0.05) is 12.1 Å². The molecule has 2 amide bonds. The van der Waals surface area contributed by atoms with Gasteiger partial charge in [0.05, 0.1) is 12.6 Å². The predicted octanol–water partition coefficient (Wildman–Crippen LogP) is 1.83. The zero-order chi connectivity index (χ0) is 13.8. The van der Waals surface area contributed by atoms with Gasteiger partial charge in [0.2, 0.25) is 0 Å². The Balaban J connectivity index is 2.00. The van der Waals surface area contributed by atoms with Crippen LogP contribution in [0.5, 0.6) is 5.75 Å². The summed E-state index contributed by atoms with van der Waals surface area (Å²) in [5.41, 5.74) is 0.993. The fraction of sp³-hybridized carbons (Fsp3) is 0.357. The minimum Gasteiger partial charge on any atom is -0.491 e. The minimum absolute atomic E-state index is 0.142. The number of rotatable bonds is 4. The minimum atomic E-state index is -0.898. The Morgan fingerprint density at radius 2 is 2.05 bits per heavy atom. The second kappa shape index (κ2) is 5.75. The molecule has 1 heterocycles. The monoisotopic (exact) mass is 262 g/mol. The van der Waals surface area contributed by atoms with Crippen molar-refractivity contribution in [3.63, 3.8) is 0 Å². The van der Waals surface area contributed by atoms with Crippen molar-refractivity contribution in [2.45, 2.75) is 32.7 Å². The standard InChI is InChI=1S/C14H18N2O3/c1-10(2)19-12-5-3-11(4-6-12)9-16-8-7-13(17)15-14(16)18/h3-8,10,13,17H,9H2,1-2H3,(H,15,18). The molecule has 0 aromatic heterocycles. The summed E-state index contributed by atoms with van der Waals surface area (Å²) in [5, 5.41) is 11.6. The van der Waals surface area contributed by atoms with Crippen LogP contribution in [0.2, 0.25) is 0 Å². The number of hydrogen-bond acceptors (Lipinski definition) is 3. The first-order valence-electron chi connectivity index (χ1n) is 6.24. The molecule has 5 heteroatoms. The Bertz CT molecular complexity index is 468. The summed E-state index contributed by atoms with van der Waals surface area (Å²) < 4.78 is 5.55. The molecule has 102 valence electrons. The van der Waals surface area contributed by atoms with E-state index in [2.05, 4.69) is 5.32 Å². The average molecular weight is 262 g/mol. The highest BCUT2D eigenvalue weighted by Gasteiger charge is 2.18. The van der Waals surface area contributed by atoms with Crippen LogP contribution >= 0.6 is 0 Å². The van der Waals surface area contributed by atoms with Crippen LogP contribution in [0.3, 0.4) is 0 Å². The van der Waals surface area contributed by atoms with Crippen molar-refractivity contribution in [3.05, 3.63) is 42.1 Å². The van der Waals surface area contributed by atoms with Gasteiger partial charge < -0.3 is 15.2 Å². The highest BCUT2D eigenvalue weighted by atomic mass is 16.5. The maximum atomic E-state index is 11.6. The molecule has 5 nitrogen and oxygen atoms in total. The van der Waals surface area contributed by atoms with Crippen LogP contribution < -0.4 is 10.1 Å². The summed E-state index contributed by atoms with van der Waals surface area (Å²) in [5.74, 6) is 0.813. The molecular weight excluding hydrogens is 244 g/mol. The first-order chi connectivity index (χ1) is 9.04. The van der Waals surface area contributed by atoms with E-state index in [1.165, 1.54) is 11.0 Å². The molecule has 1 aliphatic rings. The number of ether oxygens (including phenoxy) is 1. The van der Waals surface area contributed by atoms with Crippen LogP contribution in [0.25, 0.3) is 0 Å². The van der Waals surface area contributed by atoms with E-state index >= 15 is 0 Å². The molecule has 0 saturated carbocycles. The molecule has 2 rings (SSSR count). The summed E-state index contributed by atoms with van der Waals surface area (Å²) in [6, 6.07) is 7.30. The molecule has 1 aromatic rings. The Labute approximate surface area is 112 Å². The SMILES string of the molecule is CC(C)Oc1ccc(CN2C=CC(O)NC2=O)cc1. The van der Waals surface area contributed by atoms with Crippen LogP contribution in [0.1, 0.15) is 19.4 Å². The Morgan fingerprint density at radius 3 is 2.63 bits per heavy atom. The van der Waals surface area contributed by atoms with Crippen LogP contribution in [0, 0.1) is 0 Å². The first kappa shape index (κ1) is 13.4. The van der Waals surface area contributed by atoms with Gasteiger partial charge in [-0.3, -0.25) is 4.90 Å². The largest absolute Gasteiger partial charge is 0.491 e. The lowest BCUT2D eigenvalue weighted by Crippen LogP contribution is -2.45. The smallest absolute Gasteiger partial charge is 0.323 e. The molecule has 0 saturated heterocycles. The fourth-order valence-electron chi connectivity index (χ4n) is 1.78. The van der Waals surface area contributed by atoms with Crippen molar-refractivity contribution >= 4 is 6.03 Å². The highest BCUT2D eigenvalue weighted by molar-refractivity contribution is 5.76. The number of aliphatic hydroxyl groups excluding tert-OH is 1. The van der Waals surface area contributed by atoms with E-state index in [1.54, 1.807) is 6.20 Å². The quantitative estimate of drug-likeness (QED) is 0.870. The van der Waals surface area contributed by atoms with Gasteiger partial charge in [-0.2, -0.15) is 0 Å². The maximum absolute atomic E-state index is 11.6. The topological polar surface area (TPSA) is 61.8 Å². The summed E-state index contributed by atoms with van der Waals surface area (Å²) in [4.78, 5) is 13.1. The number of amides is 2. The lowest BCUT2D eigenvalue weighted by Gasteiger charge is -2.25. The van der Waals surface area contributed by atoms with Crippen LogP contribution in [-0.4, -0.2) is 28.4 Å². The van der Waals surface area contributed by atoms with E-state index in [0.717, 1.165) is 11.3 Å². The highest BCUT2D eigenvalue weighted by Crippen LogP contribution is 2.16. The third kappa shape index (κ3) is 3.72. The average Bonchev–Trinajstić information content (AvgIpc) is 2.34. The van der Waals surface area contributed by atoms with Gasteiger partial charge in [0.15, 0.2) is 0 Å². The third-order valence-electron chi connectivity index (χ3n) is 2.63. The summed E-state index contributed by atoms with van der Waals surface area (Å²) in [6.07, 6.45) is 2.35. The third-order valence-corrected chi connectivity index (χ3v) is 2.63. The molecule has 0 spiro atoms. The van der Waals surface area contributed by atoms with Gasteiger partial charge in [0, 0.05) is 6.20 Å². The lowest BCUT2D eigenvalue weighted by atomic mass is 10.2. The molecule has 1 atom stereocenters. The van der Waals surface area contributed by atoms with Gasteiger partial charge in [-0.25, -0.2) is 4.79 Å². The number of benzene rings is 1. The molecule has 0 fully saturated rings. The van der Waals surface area contributed by atoms with Gasteiger partial charge in [0.1, 0.15) is 12.0 Å². The van der Waals surface area contributed by atoms with Crippen molar-refractivity contribution in [3.8, 4) is 5.75 Å². The van der Waals surface area contributed by atoms with Crippen molar-refractivity contribution in [1.29, 1.82) is 0 Å². The maximum Gasteiger partial charge on any atom is 0.323 e. The molecule has 0 radical (unpaired) electrons. The zero-order valence-electron chi connectivity index (χ0n) is 11.0. The van der Waals surface area contributed by atoms with Crippen LogP contribution in [-0.2, 0) is 6.54 Å². The van der Waals surface area contributed by atoms with Gasteiger partial charge in [-0.15, -0.1) is 0 Å². The second-order valence-electron chi connectivity index (χ2n) is 4.67. The van der Waals surface area contributed by atoms with Gasteiger partial charge in [0.25, 0.3) is 0 Å². The number of nitrogens with one attached hydrogen (secondary N) is 1. The number of carbonyl (C=O) groups excluding carboxylic acids is 1. The number of nitrogens with zero attached hydrogens (tertiary/aromatic N) is 1. The van der Waals surface area contributed by atoms with E-state index in [4.69, 9.17) is 4.74 Å². The lowest BCUT2D eigenvalue weighted by molar-refractivity contribution is 0.151. The molecule has 0 bridgehead atoms. The molecular formula is C14H18N2O3. The van der Waals surface area contributed by atoms with E-state index in [9.17, 15) is 9.90 Å². The normalized spacial score (nSPS) is 18.6. The molecule has 1 aromatic carbocycles. The number of hydrogen-bond donors (Lipinski definition) is 2. The van der Waals surface area contributed by atoms with E-state index in [1.807, 2.05) is 38.1 Å². The van der Waals surface area contributed by atoms with E-state index < -0.39 is 6.23 Å². The van der Waals surface area contributed by atoms with Crippen molar-refractivity contribution in [2.24, 2.45) is 0 Å². The summed E-state index contributed by atoms with van der Waals surface area (Å²) in [7, 11) is 0. The summed E-state index contributed by atoms with van der Waals surface area (Å²) in [6.45, 7) is 4.40. The fourth-order valence-corrected chi connectivity index (χ4v) is 1.78. The Morgan fingerprint density at radius 1 is 1.37 bits per heavy atom. The van der Waals surface area contributed by atoms with Crippen molar-refractivity contribution in [1.82, 2.24) is 10.2 Å². The Hall–Kier alpha value is -2.01. The van der Waals surface area contributed by atoms with Gasteiger partial charge >= 0.3 is 6.03 Å². The van der Waals surface area contributed by atoms with E-state index in [-0.39, 0.29) is 12.1 Å². The molecule has 1 unspecified atom stereocenters. The molecule has 2 N–H and O–H groups in total. The van der Waals surface area contributed by atoms with Gasteiger partial charge in [-0.05, 0) is 37.6 Å². The van der Waals surface area contributed by atoms with Crippen LogP contribution in [0.4, 0.5) is 4.79 Å². The van der Waals surface area contributed by atoms with Crippen molar-refractivity contribution < 1.29 is 14.6 Å². The van der Waals surface area contributed by atoms with Crippen LogP contribution in [0.15, 0.2) is 36.5 Å². The van der Waals surface area contributed by atoms with Crippen molar-refractivity contribution in [2.75, 3.05) is 0 Å². The number of urea groups is 1. The second-order valence-corrected chi connectivity index (χ2v) is 4.67. The first-order valence-corrected chi connectivity index (χ1v) is 6.24. The van der Waals surface area contributed by atoms with E-state index in [0.29, 0.717) is 6.54 Å². The molecule has 19 heavy (non-hydrogen) atoms.